The van der Waals surface area contributed by atoms with Gasteiger partial charge in [-0.25, -0.2) is 0 Å². The van der Waals surface area contributed by atoms with Gasteiger partial charge in [0, 0.05) is 25.4 Å². The lowest BCUT2D eigenvalue weighted by molar-refractivity contribution is -0.140. The molecule has 0 aromatic carbocycles. The zero-order chi connectivity index (χ0) is 10.2. The Labute approximate surface area is 84.7 Å². The van der Waals surface area contributed by atoms with Crippen molar-refractivity contribution >= 4 is 5.97 Å². The Morgan fingerprint density at radius 1 is 1.21 bits per heavy atom. The molecule has 1 aromatic rings. The van der Waals surface area contributed by atoms with Crippen molar-refractivity contribution < 1.29 is 9.53 Å². The normalized spacial score (nSPS) is 10.1. The molecule has 78 valence electrons. The van der Waals surface area contributed by atoms with Crippen molar-refractivity contribution in [3.8, 4) is 0 Å². The second kappa shape index (κ2) is 6.24. The number of esters is 1. The number of methoxy groups -OCH3 is 1. The van der Waals surface area contributed by atoms with Crippen LogP contribution in [0.1, 0.15) is 25.7 Å². The molecule has 0 spiro atoms. The Hall–Kier alpha value is -1.25. The van der Waals surface area contributed by atoms with Crippen molar-refractivity contribution in [2.24, 2.45) is 0 Å². The summed E-state index contributed by atoms with van der Waals surface area (Å²) < 4.78 is 6.71. The molecule has 0 amide bonds. The first-order valence-electron chi connectivity index (χ1n) is 5.00. The molecule has 0 unspecified atom stereocenters. The smallest absolute Gasteiger partial charge is 0.305 e. The van der Waals surface area contributed by atoms with Crippen LogP contribution >= 0.6 is 0 Å². The molecule has 3 heteroatoms. The standard InChI is InChI=1S/C11H17NO2/c1-14-11(13)7-3-2-4-8-12-9-5-6-10-12/h5-6,9-10H,2-4,7-8H2,1H3. The van der Waals surface area contributed by atoms with Gasteiger partial charge in [-0.1, -0.05) is 6.42 Å². The second-order valence-electron chi connectivity index (χ2n) is 3.31. The van der Waals surface area contributed by atoms with Gasteiger partial charge in [0.1, 0.15) is 0 Å². The number of carbonyl (C=O) groups excluding carboxylic acids is 1. The SMILES string of the molecule is COC(=O)CCCCCn1cccc1. The van der Waals surface area contributed by atoms with Gasteiger partial charge in [0.05, 0.1) is 7.11 Å². The summed E-state index contributed by atoms with van der Waals surface area (Å²) >= 11 is 0. The highest BCUT2D eigenvalue weighted by molar-refractivity contribution is 5.68. The highest BCUT2D eigenvalue weighted by Gasteiger charge is 1.98. The molecule has 0 aliphatic rings. The zero-order valence-corrected chi connectivity index (χ0v) is 8.61. The van der Waals surface area contributed by atoms with Crippen LogP contribution in [0, 0.1) is 0 Å². The molecule has 0 saturated heterocycles. The topological polar surface area (TPSA) is 31.2 Å². The van der Waals surface area contributed by atoms with Gasteiger partial charge < -0.3 is 9.30 Å². The van der Waals surface area contributed by atoms with Crippen LogP contribution < -0.4 is 0 Å². The second-order valence-corrected chi connectivity index (χ2v) is 3.31. The van der Waals surface area contributed by atoms with Gasteiger partial charge in [-0.05, 0) is 25.0 Å². The summed E-state index contributed by atoms with van der Waals surface area (Å²) in [5, 5.41) is 0. The summed E-state index contributed by atoms with van der Waals surface area (Å²) in [5.41, 5.74) is 0. The molecule has 1 rings (SSSR count). The third-order valence-corrected chi connectivity index (χ3v) is 2.19. The Kier molecular flexibility index (Phi) is 4.83. The maximum atomic E-state index is 10.8. The van der Waals surface area contributed by atoms with E-state index in [-0.39, 0.29) is 5.97 Å². The molecular weight excluding hydrogens is 178 g/mol. The monoisotopic (exact) mass is 195 g/mol. The van der Waals surface area contributed by atoms with Crippen LogP contribution in [0.15, 0.2) is 24.5 Å². The maximum absolute atomic E-state index is 10.8. The maximum Gasteiger partial charge on any atom is 0.305 e. The summed E-state index contributed by atoms with van der Waals surface area (Å²) in [4.78, 5) is 10.8. The molecule has 0 saturated carbocycles. The minimum atomic E-state index is -0.106. The molecule has 1 heterocycles. The van der Waals surface area contributed by atoms with Gasteiger partial charge in [0.25, 0.3) is 0 Å². The number of rotatable bonds is 6. The lowest BCUT2D eigenvalue weighted by atomic mass is 10.2. The van der Waals surface area contributed by atoms with E-state index in [1.54, 1.807) is 0 Å². The van der Waals surface area contributed by atoms with E-state index < -0.39 is 0 Å². The van der Waals surface area contributed by atoms with Gasteiger partial charge in [0.15, 0.2) is 0 Å². The average molecular weight is 195 g/mol. The largest absolute Gasteiger partial charge is 0.469 e. The average Bonchev–Trinajstić information content (AvgIpc) is 2.69. The van der Waals surface area contributed by atoms with Crippen molar-refractivity contribution in [1.82, 2.24) is 4.57 Å². The van der Waals surface area contributed by atoms with E-state index in [4.69, 9.17) is 0 Å². The van der Waals surface area contributed by atoms with E-state index in [9.17, 15) is 4.79 Å². The minimum absolute atomic E-state index is 0.106. The molecule has 3 nitrogen and oxygen atoms in total. The summed E-state index contributed by atoms with van der Waals surface area (Å²) in [7, 11) is 1.43. The highest BCUT2D eigenvalue weighted by atomic mass is 16.5. The van der Waals surface area contributed by atoms with Crippen LogP contribution in [-0.2, 0) is 16.1 Å². The van der Waals surface area contributed by atoms with Crippen LogP contribution in [0.4, 0.5) is 0 Å². The van der Waals surface area contributed by atoms with Crippen molar-refractivity contribution in [1.29, 1.82) is 0 Å². The lowest BCUT2D eigenvalue weighted by Crippen LogP contribution is -2.00. The number of aromatic nitrogens is 1. The Balaban J connectivity index is 1.97. The first-order chi connectivity index (χ1) is 6.83. The zero-order valence-electron chi connectivity index (χ0n) is 8.61. The quantitative estimate of drug-likeness (QED) is 0.515. The number of hydrogen-bond acceptors (Lipinski definition) is 2. The molecule has 0 N–H and O–H groups in total. The van der Waals surface area contributed by atoms with Crippen LogP contribution in [-0.4, -0.2) is 17.6 Å². The molecular formula is C11H17NO2. The van der Waals surface area contributed by atoms with Crippen LogP contribution in [0.2, 0.25) is 0 Å². The van der Waals surface area contributed by atoms with Gasteiger partial charge in [-0.15, -0.1) is 0 Å². The van der Waals surface area contributed by atoms with Gasteiger partial charge in [0.2, 0.25) is 0 Å². The van der Waals surface area contributed by atoms with Crippen molar-refractivity contribution in [3.63, 3.8) is 0 Å². The highest BCUT2D eigenvalue weighted by Crippen LogP contribution is 2.03. The first kappa shape index (κ1) is 10.8. The third-order valence-electron chi connectivity index (χ3n) is 2.19. The van der Waals surface area contributed by atoms with E-state index in [0.29, 0.717) is 6.42 Å². The van der Waals surface area contributed by atoms with E-state index >= 15 is 0 Å². The number of hydrogen-bond donors (Lipinski definition) is 0. The molecule has 0 bridgehead atoms. The van der Waals surface area contributed by atoms with E-state index in [0.717, 1.165) is 25.8 Å². The molecule has 0 aliphatic carbocycles. The lowest BCUT2D eigenvalue weighted by Gasteiger charge is -2.02. The Morgan fingerprint density at radius 3 is 2.57 bits per heavy atom. The van der Waals surface area contributed by atoms with Crippen LogP contribution in [0.25, 0.3) is 0 Å². The number of nitrogens with zero attached hydrogens (tertiary/aromatic N) is 1. The van der Waals surface area contributed by atoms with Gasteiger partial charge in [-0.3, -0.25) is 4.79 Å². The van der Waals surface area contributed by atoms with E-state index in [1.807, 2.05) is 12.1 Å². The summed E-state index contributed by atoms with van der Waals surface area (Å²) in [6, 6.07) is 4.04. The van der Waals surface area contributed by atoms with Crippen LogP contribution in [0.5, 0.6) is 0 Å². The van der Waals surface area contributed by atoms with Crippen molar-refractivity contribution in [3.05, 3.63) is 24.5 Å². The van der Waals surface area contributed by atoms with Crippen molar-refractivity contribution in [2.45, 2.75) is 32.2 Å². The Bertz CT molecular complexity index is 254. The fourth-order valence-electron chi connectivity index (χ4n) is 1.36. The number of carbonyl (C=O) groups is 1. The van der Waals surface area contributed by atoms with Crippen LogP contribution in [0.3, 0.4) is 0 Å². The fraction of sp³-hybridized carbons (Fsp3) is 0.545. The Morgan fingerprint density at radius 2 is 1.93 bits per heavy atom. The predicted molar refractivity (Wildman–Crippen MR) is 54.9 cm³/mol. The molecule has 1 aromatic heterocycles. The molecule has 14 heavy (non-hydrogen) atoms. The van der Waals surface area contributed by atoms with Crippen molar-refractivity contribution in [2.75, 3.05) is 7.11 Å². The minimum Gasteiger partial charge on any atom is -0.469 e. The third kappa shape index (κ3) is 4.12. The number of ether oxygens (including phenoxy) is 1. The van der Waals surface area contributed by atoms with Gasteiger partial charge >= 0.3 is 5.97 Å². The summed E-state index contributed by atoms with van der Waals surface area (Å²) in [5.74, 6) is -0.106. The predicted octanol–water partition coefficient (Wildman–Crippen LogP) is 2.22. The summed E-state index contributed by atoms with van der Waals surface area (Å²) in [6.45, 7) is 1.04. The van der Waals surface area contributed by atoms with E-state index in [2.05, 4.69) is 21.7 Å². The van der Waals surface area contributed by atoms with Gasteiger partial charge in [-0.2, -0.15) is 0 Å². The molecule has 0 radical (unpaired) electrons. The molecule has 0 fully saturated rings. The number of aryl methyl sites for hydroxylation is 1. The summed E-state index contributed by atoms with van der Waals surface area (Å²) in [6.07, 6.45) is 7.77. The first-order valence-corrected chi connectivity index (χ1v) is 5.00. The molecule has 0 atom stereocenters. The van der Waals surface area contributed by atoms with E-state index in [1.165, 1.54) is 7.11 Å². The molecule has 0 aliphatic heterocycles. The fourth-order valence-corrected chi connectivity index (χ4v) is 1.36. The number of unbranched alkanes of at least 4 members (excludes halogenated alkanes) is 2.